The van der Waals surface area contributed by atoms with Crippen LogP contribution in [0.1, 0.15) is 48.9 Å². The van der Waals surface area contributed by atoms with Gasteiger partial charge in [-0.05, 0) is 36.5 Å². The number of aromatic nitrogens is 3. The SMILES string of the molecule is NC(=O)C(Cc1c[nH]c2ccccc12)NC(=O)C1CCNC(=O)CCC(=O)NC(Cc2cnc[nH]2)C(=O)NC(Cc2ccccc2)C(=O)NC(CCCN=C(N)N)C(=O)N1. The molecule has 0 spiro atoms. The highest BCUT2D eigenvalue weighted by Gasteiger charge is 2.33. The van der Waals surface area contributed by atoms with Crippen molar-refractivity contribution in [1.29, 1.82) is 0 Å². The van der Waals surface area contributed by atoms with E-state index in [1.807, 2.05) is 24.3 Å². The van der Waals surface area contributed by atoms with Crippen LogP contribution in [0.2, 0.25) is 0 Å². The van der Waals surface area contributed by atoms with Gasteiger partial charge in [-0.1, -0.05) is 48.5 Å². The monoisotopic (exact) mass is 825 g/mol. The molecule has 7 amide bonds. The number of imidazole rings is 1. The molecule has 1 aliphatic rings. The summed E-state index contributed by atoms with van der Waals surface area (Å²) in [5.74, 6) is -5.13. The number of aromatic amines is 2. The molecule has 318 valence electrons. The average molecular weight is 826 g/mol. The number of H-pyrrole nitrogens is 2. The normalized spacial score (nSPS) is 20.2. The maximum Gasteiger partial charge on any atom is 0.243 e. The average Bonchev–Trinajstić information content (AvgIpc) is 3.90. The molecule has 5 rings (SSSR count). The summed E-state index contributed by atoms with van der Waals surface area (Å²) in [6, 6.07) is 10.0. The summed E-state index contributed by atoms with van der Waals surface area (Å²) in [7, 11) is 0. The Morgan fingerprint density at radius 3 is 2.20 bits per heavy atom. The van der Waals surface area contributed by atoms with E-state index >= 15 is 0 Å². The van der Waals surface area contributed by atoms with Crippen LogP contribution in [-0.4, -0.2) is 106 Å². The number of nitrogens with one attached hydrogen (secondary N) is 8. The van der Waals surface area contributed by atoms with Crippen LogP contribution in [-0.2, 0) is 52.8 Å². The fourth-order valence-electron chi connectivity index (χ4n) is 6.70. The lowest BCUT2D eigenvalue weighted by atomic mass is 10.0. The minimum atomic E-state index is -1.34. The first-order chi connectivity index (χ1) is 28.9. The molecule has 1 fully saturated rings. The van der Waals surface area contributed by atoms with Crippen LogP contribution in [0.4, 0.5) is 0 Å². The number of aliphatic imine (C=N–C) groups is 1. The Hall–Kier alpha value is -7.25. The zero-order valence-electron chi connectivity index (χ0n) is 32.9. The zero-order valence-corrected chi connectivity index (χ0v) is 32.9. The standard InChI is InChI=1S/C40H51N13O7/c41-35(56)30(18-24-20-47-27-10-5-4-9-26(24)27)52-37(58)29-14-16-45-33(54)12-13-34(55)49-32(19-25-21-44-22-48-25)39(60)53-31(17-23-7-2-1-3-8-23)38(59)50-28(36(57)51-29)11-6-15-46-40(42)43/h1-5,7-10,20-22,28-32,47H,6,11-19H2,(H2,41,56)(H,44,48)(H,45,54)(H,49,55)(H,50,59)(H,51,57)(H,52,58)(H,53,60)(H4,42,43,46). The Morgan fingerprint density at radius 1 is 0.800 bits per heavy atom. The van der Waals surface area contributed by atoms with Crippen molar-refractivity contribution in [1.82, 2.24) is 46.9 Å². The van der Waals surface area contributed by atoms with Gasteiger partial charge in [-0.3, -0.25) is 38.6 Å². The van der Waals surface area contributed by atoms with Gasteiger partial charge in [-0.15, -0.1) is 0 Å². The maximum atomic E-state index is 14.2. The van der Waals surface area contributed by atoms with Crippen molar-refractivity contribution >= 4 is 58.2 Å². The molecule has 0 aliphatic carbocycles. The Kier molecular flexibility index (Phi) is 15.7. The lowest BCUT2D eigenvalue weighted by molar-refractivity contribution is -0.135. The van der Waals surface area contributed by atoms with Crippen LogP contribution in [0, 0.1) is 0 Å². The van der Waals surface area contributed by atoms with Crippen LogP contribution in [0.15, 0.2) is 78.3 Å². The van der Waals surface area contributed by atoms with Crippen LogP contribution >= 0.6 is 0 Å². The lowest BCUT2D eigenvalue weighted by Crippen LogP contribution is -2.60. The Balaban J connectivity index is 1.43. The summed E-state index contributed by atoms with van der Waals surface area (Å²) in [5.41, 5.74) is 19.5. The van der Waals surface area contributed by atoms with E-state index in [0.717, 1.165) is 10.9 Å². The molecule has 20 nitrogen and oxygen atoms in total. The predicted octanol–water partition coefficient (Wildman–Crippen LogP) is -1.82. The molecule has 60 heavy (non-hydrogen) atoms. The second-order valence-electron chi connectivity index (χ2n) is 14.4. The molecule has 5 unspecified atom stereocenters. The molecule has 0 saturated carbocycles. The molecule has 2 aromatic carbocycles. The number of fused-ring (bicyclic) bond motifs is 1. The minimum absolute atomic E-state index is 0.00160. The van der Waals surface area contributed by atoms with E-state index in [1.54, 1.807) is 36.5 Å². The van der Waals surface area contributed by atoms with Crippen molar-refractivity contribution < 1.29 is 33.6 Å². The van der Waals surface area contributed by atoms with E-state index in [2.05, 4.69) is 51.8 Å². The van der Waals surface area contributed by atoms with Gasteiger partial charge < -0.3 is 59.1 Å². The number of nitrogens with two attached hydrogens (primary N) is 3. The van der Waals surface area contributed by atoms with Crippen LogP contribution in [0.3, 0.4) is 0 Å². The summed E-state index contributed by atoms with van der Waals surface area (Å²) >= 11 is 0. The van der Waals surface area contributed by atoms with Gasteiger partial charge in [-0.2, -0.15) is 0 Å². The second-order valence-corrected chi connectivity index (χ2v) is 14.4. The summed E-state index contributed by atoms with van der Waals surface area (Å²) in [4.78, 5) is 109. The van der Waals surface area contributed by atoms with Gasteiger partial charge in [0.25, 0.3) is 0 Å². The smallest absolute Gasteiger partial charge is 0.243 e. The number of hydrogen-bond donors (Lipinski definition) is 11. The fraction of sp³-hybridized carbons (Fsp3) is 0.375. The highest BCUT2D eigenvalue weighted by atomic mass is 16.2. The molecule has 0 radical (unpaired) electrons. The second kappa shape index (κ2) is 21.5. The number of primary amides is 1. The van der Waals surface area contributed by atoms with E-state index in [9.17, 15) is 33.6 Å². The number of amides is 7. The van der Waals surface area contributed by atoms with Crippen molar-refractivity contribution in [3.63, 3.8) is 0 Å². The number of rotatable bonds is 13. The molecular weight excluding hydrogens is 775 g/mol. The largest absolute Gasteiger partial charge is 0.370 e. The highest BCUT2D eigenvalue weighted by Crippen LogP contribution is 2.19. The predicted molar refractivity (Wildman–Crippen MR) is 220 cm³/mol. The quantitative estimate of drug-likeness (QED) is 0.0408. The number of nitrogens with zero attached hydrogens (tertiary/aromatic N) is 2. The Morgan fingerprint density at radius 2 is 1.48 bits per heavy atom. The minimum Gasteiger partial charge on any atom is -0.370 e. The van der Waals surface area contributed by atoms with Crippen molar-refractivity contribution in [3.8, 4) is 0 Å². The van der Waals surface area contributed by atoms with Crippen LogP contribution in [0.25, 0.3) is 10.9 Å². The molecule has 5 atom stereocenters. The first-order valence-electron chi connectivity index (χ1n) is 19.5. The fourth-order valence-corrected chi connectivity index (χ4v) is 6.70. The summed E-state index contributed by atoms with van der Waals surface area (Å²) in [5, 5.41) is 16.9. The topological polar surface area (TPSA) is 327 Å². The molecule has 1 saturated heterocycles. The first kappa shape index (κ1) is 43.9. The highest BCUT2D eigenvalue weighted by molar-refractivity contribution is 5.97. The summed E-state index contributed by atoms with van der Waals surface area (Å²) in [6.07, 6.45) is 4.14. The van der Waals surface area contributed by atoms with Crippen LogP contribution in [0.5, 0.6) is 0 Å². The third kappa shape index (κ3) is 13.1. The van der Waals surface area contributed by atoms with Gasteiger partial charge >= 0.3 is 0 Å². The summed E-state index contributed by atoms with van der Waals surface area (Å²) in [6.45, 7) is -0.0285. The van der Waals surface area contributed by atoms with E-state index in [-0.39, 0.29) is 70.4 Å². The van der Waals surface area contributed by atoms with Gasteiger partial charge in [0, 0.05) is 74.2 Å². The van der Waals surface area contributed by atoms with Gasteiger partial charge in [0.05, 0.1) is 6.33 Å². The summed E-state index contributed by atoms with van der Waals surface area (Å²) < 4.78 is 0. The van der Waals surface area contributed by atoms with Gasteiger partial charge in [0.2, 0.25) is 41.4 Å². The first-order valence-corrected chi connectivity index (χ1v) is 19.5. The molecular formula is C40H51N13O7. The zero-order chi connectivity index (χ0) is 43.0. The van der Waals surface area contributed by atoms with E-state index < -0.39 is 71.6 Å². The molecule has 4 aromatic rings. The number of carbonyl (C=O) groups is 7. The van der Waals surface area contributed by atoms with Gasteiger partial charge in [-0.25, -0.2) is 4.98 Å². The lowest BCUT2D eigenvalue weighted by Gasteiger charge is -2.27. The van der Waals surface area contributed by atoms with Gasteiger partial charge in [0.15, 0.2) is 5.96 Å². The third-order valence-corrected chi connectivity index (χ3v) is 9.85. The maximum absolute atomic E-state index is 14.2. The number of para-hydroxylation sites is 1. The number of guanidine groups is 1. The van der Waals surface area contributed by atoms with Gasteiger partial charge in [0.1, 0.15) is 30.2 Å². The van der Waals surface area contributed by atoms with Crippen molar-refractivity contribution in [2.24, 2.45) is 22.2 Å². The number of benzene rings is 2. The molecule has 2 aromatic heterocycles. The van der Waals surface area contributed by atoms with E-state index in [0.29, 0.717) is 16.8 Å². The van der Waals surface area contributed by atoms with Crippen molar-refractivity contribution in [3.05, 3.63) is 90.1 Å². The number of hydrogen-bond acceptors (Lipinski definition) is 9. The molecule has 20 heteroatoms. The molecule has 14 N–H and O–H groups in total. The van der Waals surface area contributed by atoms with E-state index in [4.69, 9.17) is 17.2 Å². The number of carbonyl (C=O) groups excluding carboxylic acids is 7. The molecule has 0 bridgehead atoms. The van der Waals surface area contributed by atoms with Crippen molar-refractivity contribution in [2.75, 3.05) is 13.1 Å². The Labute approximate surface area is 345 Å². The third-order valence-electron chi connectivity index (χ3n) is 9.85. The van der Waals surface area contributed by atoms with Crippen LogP contribution < -0.4 is 49.1 Å². The molecule has 3 heterocycles. The molecule has 1 aliphatic heterocycles. The Bertz CT molecular complexity index is 2150. The van der Waals surface area contributed by atoms with E-state index in [1.165, 1.54) is 12.5 Å². The van der Waals surface area contributed by atoms with Crippen molar-refractivity contribution in [2.45, 2.75) is 81.6 Å².